The molecule has 6 nitrogen and oxygen atoms in total. The molecule has 0 aliphatic carbocycles. The summed E-state index contributed by atoms with van der Waals surface area (Å²) in [7, 11) is -3.55. The van der Waals surface area contributed by atoms with Gasteiger partial charge in [-0.1, -0.05) is 13.8 Å². The number of aromatic amines is 1. The van der Waals surface area contributed by atoms with Crippen LogP contribution in [0.4, 0.5) is 0 Å². The van der Waals surface area contributed by atoms with Gasteiger partial charge in [0.15, 0.2) is 5.03 Å². The fraction of sp³-hybridized carbons (Fsp3) is 0.769. The Hall–Kier alpha value is -0.570. The summed E-state index contributed by atoms with van der Waals surface area (Å²) in [4.78, 5) is 0. The van der Waals surface area contributed by atoms with Crippen LogP contribution in [0.25, 0.3) is 0 Å². The highest BCUT2D eigenvalue weighted by molar-refractivity contribution is 7.99. The molecule has 0 radical (unpaired) electrons. The first-order chi connectivity index (χ1) is 9.92. The van der Waals surface area contributed by atoms with Crippen molar-refractivity contribution in [3.8, 4) is 0 Å². The summed E-state index contributed by atoms with van der Waals surface area (Å²) in [5.41, 5.74) is 1.50. The molecule has 21 heavy (non-hydrogen) atoms. The van der Waals surface area contributed by atoms with Crippen molar-refractivity contribution < 1.29 is 8.42 Å². The largest absolute Gasteiger partial charge is 0.313 e. The Kier molecular flexibility index (Phi) is 7.72. The van der Waals surface area contributed by atoms with Gasteiger partial charge < -0.3 is 5.32 Å². The Labute approximate surface area is 131 Å². The Bertz CT molecular complexity index is 528. The maximum Gasteiger partial charge on any atom is 0.260 e. The number of nitrogens with zero attached hydrogens (tertiary/aromatic N) is 1. The van der Waals surface area contributed by atoms with Gasteiger partial charge in [-0.15, -0.1) is 0 Å². The van der Waals surface area contributed by atoms with E-state index < -0.39 is 10.0 Å². The molecule has 1 rings (SSSR count). The van der Waals surface area contributed by atoms with Crippen molar-refractivity contribution in [1.29, 1.82) is 0 Å². The number of hydrogen-bond donors (Lipinski definition) is 3. The van der Waals surface area contributed by atoms with Crippen LogP contribution < -0.4 is 10.0 Å². The van der Waals surface area contributed by atoms with Crippen molar-refractivity contribution >= 4 is 21.8 Å². The van der Waals surface area contributed by atoms with Gasteiger partial charge in [0.2, 0.25) is 0 Å². The summed E-state index contributed by atoms with van der Waals surface area (Å²) in [6, 6.07) is 0. The van der Waals surface area contributed by atoms with E-state index in [1.165, 1.54) is 0 Å². The third-order valence-corrected chi connectivity index (χ3v) is 5.74. The number of hydrogen-bond acceptors (Lipinski definition) is 5. The van der Waals surface area contributed by atoms with Crippen molar-refractivity contribution in [2.75, 3.05) is 19.3 Å². The lowest BCUT2D eigenvalue weighted by atomic mass is 10.2. The van der Waals surface area contributed by atoms with E-state index in [0.717, 1.165) is 25.1 Å². The van der Waals surface area contributed by atoms with Crippen LogP contribution in [-0.4, -0.2) is 43.2 Å². The topological polar surface area (TPSA) is 86.9 Å². The van der Waals surface area contributed by atoms with Crippen LogP contribution in [0.3, 0.4) is 0 Å². The molecule has 8 heteroatoms. The van der Waals surface area contributed by atoms with Crippen molar-refractivity contribution in [3.05, 3.63) is 11.3 Å². The average molecular weight is 335 g/mol. The van der Waals surface area contributed by atoms with Crippen molar-refractivity contribution in [1.82, 2.24) is 20.2 Å². The van der Waals surface area contributed by atoms with Crippen LogP contribution in [-0.2, 0) is 16.6 Å². The minimum Gasteiger partial charge on any atom is -0.313 e. The summed E-state index contributed by atoms with van der Waals surface area (Å²) in [5, 5.41) is 10.5. The van der Waals surface area contributed by atoms with Gasteiger partial charge in [0.05, 0.1) is 0 Å². The minimum absolute atomic E-state index is 0.111. The minimum atomic E-state index is -3.55. The van der Waals surface area contributed by atoms with Gasteiger partial charge in [-0.25, -0.2) is 13.1 Å². The fourth-order valence-corrected chi connectivity index (χ4v) is 3.43. The molecule has 1 unspecified atom stereocenters. The van der Waals surface area contributed by atoms with Crippen LogP contribution in [0.5, 0.6) is 0 Å². The van der Waals surface area contributed by atoms with Crippen LogP contribution in [0.2, 0.25) is 0 Å². The first kappa shape index (κ1) is 18.5. The maximum absolute atomic E-state index is 12.3. The zero-order valence-corrected chi connectivity index (χ0v) is 14.8. The molecule has 0 bridgehead atoms. The molecule has 0 saturated carbocycles. The molecule has 1 heterocycles. The third kappa shape index (κ3) is 5.61. The number of thioether (sulfide) groups is 1. The van der Waals surface area contributed by atoms with E-state index in [2.05, 4.69) is 34.1 Å². The average Bonchev–Trinajstić information content (AvgIpc) is 2.81. The van der Waals surface area contributed by atoms with Gasteiger partial charge in [0.1, 0.15) is 0 Å². The predicted octanol–water partition coefficient (Wildman–Crippen LogP) is 1.64. The van der Waals surface area contributed by atoms with Gasteiger partial charge >= 0.3 is 0 Å². The maximum atomic E-state index is 12.3. The molecule has 0 aliphatic rings. The normalized spacial score (nSPS) is 13.5. The number of H-pyrrole nitrogens is 1. The molecule has 0 spiro atoms. The highest BCUT2D eigenvalue weighted by Gasteiger charge is 2.23. The highest BCUT2D eigenvalue weighted by atomic mass is 32.2. The van der Waals surface area contributed by atoms with Gasteiger partial charge in [0.25, 0.3) is 10.0 Å². The highest BCUT2D eigenvalue weighted by Crippen LogP contribution is 2.16. The molecule has 0 saturated heterocycles. The molecule has 122 valence electrons. The molecule has 0 amide bonds. The number of aromatic nitrogens is 2. The van der Waals surface area contributed by atoms with E-state index in [1.54, 1.807) is 11.8 Å². The van der Waals surface area contributed by atoms with Gasteiger partial charge in [0, 0.05) is 29.6 Å². The van der Waals surface area contributed by atoms with Crippen molar-refractivity contribution in [2.24, 2.45) is 0 Å². The van der Waals surface area contributed by atoms with Gasteiger partial charge in [-0.05, 0) is 32.6 Å². The van der Waals surface area contributed by atoms with Crippen molar-refractivity contribution in [2.45, 2.75) is 50.4 Å². The second kappa shape index (κ2) is 8.77. The zero-order chi connectivity index (χ0) is 15.9. The second-order valence-electron chi connectivity index (χ2n) is 5.04. The van der Waals surface area contributed by atoms with E-state index >= 15 is 0 Å². The summed E-state index contributed by atoms with van der Waals surface area (Å²) < 4.78 is 27.3. The molecule has 1 atom stereocenters. The summed E-state index contributed by atoms with van der Waals surface area (Å²) >= 11 is 1.73. The Morgan fingerprint density at radius 1 is 1.38 bits per heavy atom. The van der Waals surface area contributed by atoms with Crippen LogP contribution in [0.15, 0.2) is 5.03 Å². The lowest BCUT2D eigenvalue weighted by Gasteiger charge is -2.10. The predicted molar refractivity (Wildman–Crippen MR) is 88.1 cm³/mol. The van der Waals surface area contributed by atoms with E-state index in [-0.39, 0.29) is 5.03 Å². The van der Waals surface area contributed by atoms with E-state index in [4.69, 9.17) is 0 Å². The molecular weight excluding hydrogens is 308 g/mol. The standard InChI is InChI=1S/C13H26N4O2S2/c1-5-7-14-9-12-11(3)16-17-13(12)21(18,19)15-8-6-10(2)20-4/h10,14-15H,5-9H2,1-4H3,(H,16,17). The SMILES string of the molecule is CCCNCc1c(S(=O)(=O)NCCC(C)SC)n[nH]c1C. The number of aryl methyl sites for hydroxylation is 1. The monoisotopic (exact) mass is 334 g/mol. The van der Waals surface area contributed by atoms with Crippen molar-refractivity contribution in [3.63, 3.8) is 0 Å². The number of sulfonamides is 1. The quantitative estimate of drug-likeness (QED) is 0.566. The van der Waals surface area contributed by atoms with Gasteiger partial charge in [-0.2, -0.15) is 16.9 Å². The lowest BCUT2D eigenvalue weighted by molar-refractivity contribution is 0.571. The Morgan fingerprint density at radius 3 is 2.71 bits per heavy atom. The Balaban J connectivity index is 2.74. The molecule has 0 aliphatic heterocycles. The molecular formula is C13H26N4O2S2. The summed E-state index contributed by atoms with van der Waals surface area (Å²) in [6.45, 7) is 7.78. The summed E-state index contributed by atoms with van der Waals surface area (Å²) in [5.74, 6) is 0. The molecule has 0 aromatic carbocycles. The van der Waals surface area contributed by atoms with E-state index in [9.17, 15) is 8.42 Å². The third-order valence-electron chi connectivity index (χ3n) is 3.26. The lowest BCUT2D eigenvalue weighted by Crippen LogP contribution is -2.28. The van der Waals surface area contributed by atoms with E-state index in [1.807, 2.05) is 13.2 Å². The second-order valence-corrected chi connectivity index (χ2v) is 8.00. The molecule has 3 N–H and O–H groups in total. The van der Waals surface area contributed by atoms with E-state index in [0.29, 0.717) is 23.9 Å². The smallest absolute Gasteiger partial charge is 0.260 e. The number of rotatable bonds is 10. The van der Waals surface area contributed by atoms with Gasteiger partial charge in [-0.3, -0.25) is 5.10 Å². The van der Waals surface area contributed by atoms with Crippen LogP contribution in [0, 0.1) is 6.92 Å². The molecule has 0 fully saturated rings. The molecule has 1 aromatic heterocycles. The molecule has 1 aromatic rings. The first-order valence-electron chi connectivity index (χ1n) is 7.19. The zero-order valence-electron chi connectivity index (χ0n) is 13.2. The number of nitrogens with one attached hydrogen (secondary N) is 3. The fourth-order valence-electron chi connectivity index (χ4n) is 1.83. The first-order valence-corrected chi connectivity index (χ1v) is 9.96. The Morgan fingerprint density at radius 2 is 2.10 bits per heavy atom. The summed E-state index contributed by atoms with van der Waals surface area (Å²) in [6.07, 6.45) is 3.82. The van der Waals surface area contributed by atoms with Crippen LogP contribution in [0.1, 0.15) is 37.9 Å². The van der Waals surface area contributed by atoms with Crippen LogP contribution >= 0.6 is 11.8 Å².